The van der Waals surface area contributed by atoms with Crippen LogP contribution >= 0.6 is 0 Å². The minimum atomic E-state index is 0.532. The molecule has 1 aliphatic rings. The van der Waals surface area contributed by atoms with E-state index in [1.165, 1.54) is 18.4 Å². The van der Waals surface area contributed by atoms with Crippen LogP contribution in [0.25, 0.3) is 0 Å². The smallest absolute Gasteiger partial charge is 0.213 e. The van der Waals surface area contributed by atoms with E-state index in [9.17, 15) is 0 Å². The predicted molar refractivity (Wildman–Crippen MR) is 78.4 cm³/mol. The number of ether oxygens (including phenoxy) is 1. The molecule has 1 heterocycles. The van der Waals surface area contributed by atoms with Crippen molar-refractivity contribution in [3.63, 3.8) is 0 Å². The zero-order chi connectivity index (χ0) is 13.7. The Hall–Kier alpha value is -1.09. The van der Waals surface area contributed by atoms with Gasteiger partial charge in [0.15, 0.2) is 0 Å². The number of nitrogens with one attached hydrogen (secondary N) is 1. The van der Waals surface area contributed by atoms with Crippen LogP contribution in [-0.2, 0) is 13.0 Å². The number of hydrogen-bond acceptors (Lipinski definition) is 3. The van der Waals surface area contributed by atoms with Gasteiger partial charge in [-0.05, 0) is 36.8 Å². The zero-order valence-corrected chi connectivity index (χ0v) is 12.4. The second-order valence-electron chi connectivity index (χ2n) is 5.91. The molecule has 0 aliphatic heterocycles. The summed E-state index contributed by atoms with van der Waals surface area (Å²) in [5.74, 6) is 1.32. The minimum absolute atomic E-state index is 0.532. The average Bonchev–Trinajstić information content (AvgIpc) is 3.18. The predicted octanol–water partition coefficient (Wildman–Crippen LogP) is 3.32. The van der Waals surface area contributed by atoms with Crippen LogP contribution in [0.15, 0.2) is 12.1 Å². The van der Waals surface area contributed by atoms with Gasteiger partial charge < -0.3 is 10.1 Å². The average molecular weight is 262 g/mol. The molecule has 0 saturated heterocycles. The molecule has 0 bridgehead atoms. The molecule has 1 aromatic heterocycles. The number of aromatic nitrogens is 1. The summed E-state index contributed by atoms with van der Waals surface area (Å²) < 4.78 is 5.78. The van der Waals surface area contributed by atoms with Gasteiger partial charge in [0.05, 0.1) is 6.61 Å². The van der Waals surface area contributed by atoms with Crippen molar-refractivity contribution in [2.24, 2.45) is 5.92 Å². The largest absolute Gasteiger partial charge is 0.477 e. The normalized spacial score (nSPS) is 14.9. The van der Waals surface area contributed by atoms with Crippen LogP contribution in [0, 0.1) is 5.92 Å². The monoisotopic (exact) mass is 262 g/mol. The van der Waals surface area contributed by atoms with E-state index in [2.05, 4.69) is 43.2 Å². The first-order chi connectivity index (χ1) is 9.17. The molecule has 0 amide bonds. The number of hydrogen-bond donors (Lipinski definition) is 1. The fraction of sp³-hybridized carbons (Fsp3) is 0.688. The van der Waals surface area contributed by atoms with E-state index in [1.54, 1.807) is 0 Å². The standard InChI is InChI=1S/C16H26N2O/c1-4-5-15-8-13(10-17-14-6-7-14)9-16(18-15)19-11-12(2)3/h8-9,12,14,17H,4-7,10-11H2,1-3H3. The Morgan fingerprint density at radius 2 is 2.16 bits per heavy atom. The van der Waals surface area contributed by atoms with Crippen molar-refractivity contribution in [3.05, 3.63) is 23.4 Å². The van der Waals surface area contributed by atoms with Crippen LogP contribution in [-0.4, -0.2) is 17.6 Å². The van der Waals surface area contributed by atoms with Crippen LogP contribution in [0.5, 0.6) is 5.88 Å². The number of pyridine rings is 1. The third kappa shape index (κ3) is 5.19. The lowest BCUT2D eigenvalue weighted by molar-refractivity contribution is 0.260. The van der Waals surface area contributed by atoms with Crippen molar-refractivity contribution >= 4 is 0 Å². The van der Waals surface area contributed by atoms with E-state index < -0.39 is 0 Å². The summed E-state index contributed by atoms with van der Waals surface area (Å²) in [6.45, 7) is 8.17. The summed E-state index contributed by atoms with van der Waals surface area (Å²) in [7, 11) is 0. The molecular weight excluding hydrogens is 236 g/mol. The van der Waals surface area contributed by atoms with Crippen LogP contribution < -0.4 is 10.1 Å². The molecule has 3 heteroatoms. The van der Waals surface area contributed by atoms with E-state index >= 15 is 0 Å². The summed E-state index contributed by atoms with van der Waals surface area (Å²) in [6, 6.07) is 5.03. The van der Waals surface area contributed by atoms with Crippen molar-refractivity contribution < 1.29 is 4.74 Å². The van der Waals surface area contributed by atoms with E-state index in [-0.39, 0.29) is 0 Å². The fourth-order valence-electron chi connectivity index (χ4n) is 1.98. The Morgan fingerprint density at radius 3 is 2.79 bits per heavy atom. The number of aryl methyl sites for hydroxylation is 1. The molecular formula is C16H26N2O. The Balaban J connectivity index is 2.01. The second kappa shape index (κ2) is 6.90. The second-order valence-corrected chi connectivity index (χ2v) is 5.91. The van der Waals surface area contributed by atoms with E-state index in [0.717, 1.165) is 43.6 Å². The van der Waals surface area contributed by atoms with Gasteiger partial charge >= 0.3 is 0 Å². The van der Waals surface area contributed by atoms with Gasteiger partial charge in [-0.3, -0.25) is 0 Å². The van der Waals surface area contributed by atoms with Crippen LogP contribution in [0.1, 0.15) is 51.3 Å². The summed E-state index contributed by atoms with van der Waals surface area (Å²) in [4.78, 5) is 4.59. The first-order valence-corrected chi connectivity index (χ1v) is 7.53. The quantitative estimate of drug-likeness (QED) is 0.780. The van der Waals surface area contributed by atoms with Gasteiger partial charge in [-0.25, -0.2) is 4.98 Å². The van der Waals surface area contributed by atoms with Crippen LogP contribution in [0.4, 0.5) is 0 Å². The molecule has 0 atom stereocenters. The maximum atomic E-state index is 5.78. The molecule has 0 radical (unpaired) electrons. The highest BCUT2D eigenvalue weighted by atomic mass is 16.5. The van der Waals surface area contributed by atoms with Crippen molar-refractivity contribution in [2.75, 3.05) is 6.61 Å². The highest BCUT2D eigenvalue weighted by Crippen LogP contribution is 2.20. The first-order valence-electron chi connectivity index (χ1n) is 7.53. The molecule has 2 rings (SSSR count). The molecule has 1 fully saturated rings. The van der Waals surface area contributed by atoms with Crippen LogP contribution in [0.2, 0.25) is 0 Å². The third-order valence-electron chi connectivity index (χ3n) is 3.16. The molecule has 0 aromatic carbocycles. The summed E-state index contributed by atoms with van der Waals surface area (Å²) in [5.41, 5.74) is 2.44. The van der Waals surface area contributed by atoms with Crippen molar-refractivity contribution in [1.82, 2.24) is 10.3 Å². The molecule has 1 aromatic rings. The Kier molecular flexibility index (Phi) is 5.20. The Morgan fingerprint density at radius 1 is 1.37 bits per heavy atom. The molecule has 19 heavy (non-hydrogen) atoms. The number of nitrogens with zero attached hydrogens (tertiary/aromatic N) is 1. The summed E-state index contributed by atoms with van der Waals surface area (Å²) in [6.07, 6.45) is 4.79. The van der Waals surface area contributed by atoms with Crippen molar-refractivity contribution in [3.8, 4) is 5.88 Å². The Bertz CT molecular complexity index is 375. The lowest BCUT2D eigenvalue weighted by Gasteiger charge is -2.12. The van der Waals surface area contributed by atoms with Gasteiger partial charge in [0.1, 0.15) is 0 Å². The molecule has 106 valence electrons. The van der Waals surface area contributed by atoms with Gasteiger partial charge in [0, 0.05) is 24.3 Å². The topological polar surface area (TPSA) is 34.1 Å². The van der Waals surface area contributed by atoms with Gasteiger partial charge in [-0.1, -0.05) is 27.2 Å². The maximum absolute atomic E-state index is 5.78. The SMILES string of the molecule is CCCc1cc(CNC2CC2)cc(OCC(C)C)n1. The third-order valence-corrected chi connectivity index (χ3v) is 3.16. The van der Waals surface area contributed by atoms with Crippen LogP contribution in [0.3, 0.4) is 0 Å². The molecule has 1 saturated carbocycles. The van der Waals surface area contributed by atoms with Crippen molar-refractivity contribution in [2.45, 2.75) is 59.0 Å². The first kappa shape index (κ1) is 14.3. The molecule has 0 spiro atoms. The van der Waals surface area contributed by atoms with E-state index in [0.29, 0.717) is 5.92 Å². The fourth-order valence-corrected chi connectivity index (χ4v) is 1.98. The lowest BCUT2D eigenvalue weighted by Crippen LogP contribution is -2.16. The molecule has 0 unspecified atom stereocenters. The summed E-state index contributed by atoms with van der Waals surface area (Å²) in [5, 5.41) is 3.55. The molecule has 3 nitrogen and oxygen atoms in total. The van der Waals surface area contributed by atoms with E-state index in [4.69, 9.17) is 4.74 Å². The maximum Gasteiger partial charge on any atom is 0.213 e. The van der Waals surface area contributed by atoms with E-state index in [1.807, 2.05) is 0 Å². The highest BCUT2D eigenvalue weighted by molar-refractivity contribution is 5.25. The minimum Gasteiger partial charge on any atom is -0.477 e. The molecule has 1 aliphatic carbocycles. The van der Waals surface area contributed by atoms with Gasteiger partial charge in [0.25, 0.3) is 0 Å². The zero-order valence-electron chi connectivity index (χ0n) is 12.4. The van der Waals surface area contributed by atoms with Gasteiger partial charge in [-0.2, -0.15) is 0 Å². The van der Waals surface area contributed by atoms with Gasteiger partial charge in [-0.15, -0.1) is 0 Å². The number of rotatable bonds is 8. The lowest BCUT2D eigenvalue weighted by atomic mass is 10.1. The summed E-state index contributed by atoms with van der Waals surface area (Å²) >= 11 is 0. The molecule has 1 N–H and O–H groups in total. The van der Waals surface area contributed by atoms with Gasteiger partial charge in [0.2, 0.25) is 5.88 Å². The highest BCUT2D eigenvalue weighted by Gasteiger charge is 2.20. The Labute approximate surface area is 116 Å². The van der Waals surface area contributed by atoms with Crippen molar-refractivity contribution in [1.29, 1.82) is 0 Å².